The first-order chi connectivity index (χ1) is 37.8. The van der Waals surface area contributed by atoms with Gasteiger partial charge in [0, 0.05) is 46.7 Å². The second kappa shape index (κ2) is 27.8. The van der Waals surface area contributed by atoms with Gasteiger partial charge in [0.15, 0.2) is 5.82 Å². The molecule has 2 atom stereocenters. The molecule has 1 aromatic heterocycles. The fourth-order valence-electron chi connectivity index (χ4n) is 9.04. The number of ether oxygens (including phenoxy) is 2. The van der Waals surface area contributed by atoms with Gasteiger partial charge >= 0.3 is 19.1 Å². The van der Waals surface area contributed by atoms with Crippen LogP contribution < -0.4 is 20.8 Å². The third-order valence-corrected chi connectivity index (χ3v) is 14.8. The first kappa shape index (κ1) is 62.0. The van der Waals surface area contributed by atoms with Crippen LogP contribution in [-0.4, -0.2) is 82.9 Å². The summed E-state index contributed by atoms with van der Waals surface area (Å²) < 4.78 is 23.0. The van der Waals surface area contributed by atoms with Crippen LogP contribution in [0.4, 0.5) is 0 Å². The lowest BCUT2D eigenvalue weighted by Gasteiger charge is -2.32. The quantitative estimate of drug-likeness (QED) is 0.0335. The van der Waals surface area contributed by atoms with E-state index in [-0.39, 0.29) is 41.5 Å². The number of methoxy groups -OCH3 is 1. The number of aromatic nitrogens is 2. The van der Waals surface area contributed by atoms with Gasteiger partial charge in [-0.15, -0.1) is 0 Å². The van der Waals surface area contributed by atoms with Crippen LogP contribution in [0.25, 0.3) is 22.5 Å². The zero-order valence-corrected chi connectivity index (χ0v) is 49.1. The van der Waals surface area contributed by atoms with Gasteiger partial charge in [-0.25, -0.2) is 9.97 Å². The maximum atomic E-state index is 12.9. The fourth-order valence-corrected chi connectivity index (χ4v) is 9.04. The van der Waals surface area contributed by atoms with E-state index in [9.17, 15) is 24.3 Å². The molecule has 14 heteroatoms. The molecule has 2 heterocycles. The van der Waals surface area contributed by atoms with Crippen LogP contribution in [0.3, 0.4) is 0 Å². The van der Waals surface area contributed by atoms with Crippen LogP contribution in [0.5, 0.6) is 5.75 Å². The summed E-state index contributed by atoms with van der Waals surface area (Å²) in [5.41, 5.74) is 8.14. The Labute approximate surface area is 475 Å². The van der Waals surface area contributed by atoms with Crippen LogP contribution in [0.2, 0.25) is 0 Å². The Morgan fingerprint density at radius 3 is 1.49 bits per heavy atom. The van der Waals surface area contributed by atoms with Crippen molar-refractivity contribution < 1.29 is 43.1 Å². The summed E-state index contributed by atoms with van der Waals surface area (Å²) in [6, 6.07) is 37.7. The number of hydrogen-bond acceptors (Lipinski definition) is 10. The van der Waals surface area contributed by atoms with Crippen molar-refractivity contribution in [3.63, 3.8) is 0 Å². The topological polar surface area (TPSA) is 175 Å². The van der Waals surface area contributed by atoms with Crippen LogP contribution in [0, 0.1) is 0 Å². The van der Waals surface area contributed by atoms with E-state index in [1.54, 1.807) is 12.1 Å². The van der Waals surface area contributed by atoms with Crippen molar-refractivity contribution in [3.05, 3.63) is 167 Å². The van der Waals surface area contributed by atoms with Crippen LogP contribution in [0.15, 0.2) is 134 Å². The number of carbonyl (C=O) groups is 4. The van der Waals surface area contributed by atoms with E-state index in [0.717, 1.165) is 63.2 Å². The molecule has 0 saturated carbocycles. The summed E-state index contributed by atoms with van der Waals surface area (Å²) in [6.07, 6.45) is 10.5. The van der Waals surface area contributed by atoms with E-state index >= 15 is 0 Å². The van der Waals surface area contributed by atoms with Gasteiger partial charge in [0.1, 0.15) is 5.75 Å². The Morgan fingerprint density at radius 2 is 1.04 bits per heavy atom. The van der Waals surface area contributed by atoms with Gasteiger partial charge in [-0.2, -0.15) is 0 Å². The van der Waals surface area contributed by atoms with Crippen molar-refractivity contribution in [2.75, 3.05) is 13.7 Å². The number of carboxylic acids is 1. The number of carbonyl (C=O) groups excluding carboxylic acids is 3. The van der Waals surface area contributed by atoms with Gasteiger partial charge in [0.25, 0.3) is 11.8 Å². The van der Waals surface area contributed by atoms with E-state index in [1.165, 1.54) is 32.8 Å². The number of rotatable bonds is 22. The standard InChI is InChI=1S/C38H45N3O4.C28H38BNO5/c1-5-6-7-8-9-22-45-34-20-16-28(17-21-34)31-25-39-36(40-26-31)29-12-10-27(11-13-29)23-33(24-35(42)43)41-37(44)30-14-18-32(19-15-30)38(2,3)4;1-26(2,3)21-13-11-20(12-14-21)25(32)30-23(18-24(31)33-8)17-19-9-15-22(16-10-19)29-34-27(4,5)28(6,7)35-29/h10-21,25-26,33H,5-9,22-24H2,1-4H3,(H,41,44)(H,42,43);9-16,23H,17-18H2,1-8H3,(H,30,32)/t33-;23-/m00/s1. The second-order valence-electron chi connectivity index (χ2n) is 23.9. The Bertz CT molecular complexity index is 2930. The highest BCUT2D eigenvalue weighted by molar-refractivity contribution is 6.62. The molecule has 0 bridgehead atoms. The number of aliphatic carboxylic acids is 1. The van der Waals surface area contributed by atoms with E-state index in [1.807, 2.05) is 149 Å². The average Bonchev–Trinajstić information content (AvgIpc) is 3.76. The van der Waals surface area contributed by atoms with Gasteiger partial charge in [-0.05, 0) is 127 Å². The monoisotopic (exact) mass is 1090 g/mol. The lowest BCUT2D eigenvalue weighted by molar-refractivity contribution is -0.141. The van der Waals surface area contributed by atoms with Crippen molar-refractivity contribution in [3.8, 4) is 28.3 Å². The van der Waals surface area contributed by atoms with Gasteiger partial charge in [0.05, 0.1) is 37.8 Å². The number of unbranched alkanes of at least 4 members (excludes halogenated alkanes) is 4. The minimum Gasteiger partial charge on any atom is -0.494 e. The van der Waals surface area contributed by atoms with Gasteiger partial charge in [-0.3, -0.25) is 19.2 Å². The number of benzene rings is 5. The molecule has 1 aliphatic rings. The Kier molecular flexibility index (Phi) is 21.6. The van der Waals surface area contributed by atoms with Crippen molar-refractivity contribution in [1.29, 1.82) is 0 Å². The van der Waals surface area contributed by atoms with Gasteiger partial charge < -0.3 is 34.5 Å². The third-order valence-electron chi connectivity index (χ3n) is 14.8. The predicted octanol–water partition coefficient (Wildman–Crippen LogP) is 12.5. The van der Waals surface area contributed by atoms with Crippen molar-refractivity contribution in [1.82, 2.24) is 20.6 Å². The normalized spacial score (nSPS) is 14.5. The summed E-state index contributed by atoms with van der Waals surface area (Å²) in [7, 11) is 0.918. The molecule has 0 spiro atoms. The highest BCUT2D eigenvalue weighted by Gasteiger charge is 2.51. The maximum absolute atomic E-state index is 12.9. The molecule has 1 saturated heterocycles. The number of nitrogens with one attached hydrogen (secondary N) is 2. The summed E-state index contributed by atoms with van der Waals surface area (Å²) in [5, 5.41) is 15.4. The SMILES string of the molecule is CCCCCCCOc1ccc(-c2cnc(-c3ccc(C[C@@H](CC(=O)O)NC(=O)c4ccc(C(C)(C)C)cc4)cc3)nc2)cc1.COC(=O)C[C@H](Cc1ccc(B2OC(C)(C)C(C)(C)O2)cc1)NC(=O)c1ccc(C(C)(C)C)cc1. The molecule has 0 radical (unpaired) electrons. The Balaban J connectivity index is 0.000000266. The van der Waals surface area contributed by atoms with Crippen molar-refractivity contribution in [2.24, 2.45) is 0 Å². The lowest BCUT2D eigenvalue weighted by atomic mass is 9.78. The number of esters is 1. The van der Waals surface area contributed by atoms with Crippen molar-refractivity contribution in [2.45, 2.75) is 168 Å². The number of nitrogens with zero attached hydrogens (tertiary/aromatic N) is 2. The summed E-state index contributed by atoms with van der Waals surface area (Å²) in [5.74, 6) is -0.366. The van der Waals surface area contributed by atoms with Gasteiger partial charge in [0.2, 0.25) is 0 Å². The van der Waals surface area contributed by atoms with E-state index < -0.39 is 36.4 Å². The molecule has 0 unspecified atom stereocenters. The zero-order chi connectivity index (χ0) is 58.3. The third kappa shape index (κ3) is 18.2. The largest absolute Gasteiger partial charge is 0.494 e. The summed E-state index contributed by atoms with van der Waals surface area (Å²) in [6.45, 7) is 23.8. The first-order valence-electron chi connectivity index (χ1n) is 28.0. The Hall–Kier alpha value is -7.16. The van der Waals surface area contributed by atoms with Crippen molar-refractivity contribution >= 4 is 36.3 Å². The molecule has 1 aliphatic heterocycles. The van der Waals surface area contributed by atoms with E-state index in [4.69, 9.17) is 18.8 Å². The molecule has 424 valence electrons. The maximum Gasteiger partial charge on any atom is 0.494 e. The first-order valence-corrected chi connectivity index (χ1v) is 28.0. The lowest BCUT2D eigenvalue weighted by Crippen LogP contribution is -2.41. The molecule has 80 heavy (non-hydrogen) atoms. The predicted molar refractivity (Wildman–Crippen MR) is 318 cm³/mol. The second-order valence-corrected chi connectivity index (χ2v) is 23.9. The highest BCUT2D eigenvalue weighted by atomic mass is 16.7. The van der Waals surface area contributed by atoms with Gasteiger partial charge in [-0.1, -0.05) is 159 Å². The minimum absolute atomic E-state index is 0.00860. The molecule has 7 rings (SSSR count). The molecule has 6 aromatic rings. The number of amides is 2. The van der Waals surface area contributed by atoms with E-state index in [0.29, 0.717) is 29.8 Å². The fraction of sp³-hybridized carbons (Fsp3) is 0.424. The molecule has 0 aliphatic carbocycles. The smallest absolute Gasteiger partial charge is 0.494 e. The highest BCUT2D eigenvalue weighted by Crippen LogP contribution is 2.36. The van der Waals surface area contributed by atoms with Crippen LogP contribution in [-0.2, 0) is 47.3 Å². The van der Waals surface area contributed by atoms with Crippen LogP contribution >= 0.6 is 0 Å². The molecule has 2 amide bonds. The molecule has 13 nitrogen and oxygen atoms in total. The molecule has 1 fully saturated rings. The average molecular weight is 1090 g/mol. The van der Waals surface area contributed by atoms with E-state index in [2.05, 4.69) is 69.1 Å². The summed E-state index contributed by atoms with van der Waals surface area (Å²) >= 11 is 0. The summed E-state index contributed by atoms with van der Waals surface area (Å²) in [4.78, 5) is 58.6. The Morgan fingerprint density at radius 1 is 0.588 bits per heavy atom. The minimum atomic E-state index is -0.964. The van der Waals surface area contributed by atoms with Crippen LogP contribution in [0.1, 0.15) is 164 Å². The zero-order valence-electron chi connectivity index (χ0n) is 49.1. The number of carboxylic acid groups (broad SMARTS) is 1. The molecule has 3 N–H and O–H groups in total. The molecular weight excluding hydrogens is 1000 g/mol. The molecular formula is C66H83BN4O9. The number of hydrogen-bond donors (Lipinski definition) is 3. The molecule has 5 aromatic carbocycles.